The topological polar surface area (TPSA) is 90.7 Å². The number of nitrogens with one attached hydrogen (secondary N) is 1. The number of nitro groups is 1. The van der Waals surface area contributed by atoms with Crippen molar-refractivity contribution < 1.29 is 19.2 Å². The summed E-state index contributed by atoms with van der Waals surface area (Å²) in [5, 5.41) is 13.9. The van der Waals surface area contributed by atoms with Crippen LogP contribution in [0.5, 0.6) is 0 Å². The van der Waals surface area contributed by atoms with Crippen molar-refractivity contribution in [2.75, 3.05) is 32.7 Å². The number of nitro benzene ring substituents is 1. The van der Waals surface area contributed by atoms with Gasteiger partial charge in [0, 0.05) is 26.3 Å². The summed E-state index contributed by atoms with van der Waals surface area (Å²) in [6, 6.07) is 4.10. The van der Waals surface area contributed by atoms with Gasteiger partial charge in [0.2, 0.25) is 0 Å². The van der Waals surface area contributed by atoms with Crippen LogP contribution in [-0.2, 0) is 9.47 Å². The molecule has 0 heterocycles. The lowest BCUT2D eigenvalue weighted by molar-refractivity contribution is -0.384. The summed E-state index contributed by atoms with van der Waals surface area (Å²) in [6.45, 7) is 1.21. The van der Waals surface area contributed by atoms with Crippen LogP contribution in [0.4, 0.5) is 11.4 Å². The van der Waals surface area contributed by atoms with Crippen molar-refractivity contribution in [3.05, 3.63) is 33.9 Å². The summed E-state index contributed by atoms with van der Waals surface area (Å²) in [5.41, 5.74) is 0.525. The maximum atomic E-state index is 11.4. The minimum absolute atomic E-state index is 0.0654. The molecular weight excluding hydrogens is 264 g/mol. The molecule has 0 saturated carbocycles. The number of hydrogen-bond donors (Lipinski definition) is 1. The van der Waals surface area contributed by atoms with Gasteiger partial charge < -0.3 is 14.8 Å². The van der Waals surface area contributed by atoms with Crippen LogP contribution in [0.3, 0.4) is 0 Å². The first-order valence-corrected chi connectivity index (χ1v) is 6.19. The van der Waals surface area contributed by atoms with Gasteiger partial charge in [0.1, 0.15) is 5.69 Å². The fraction of sp³-hybridized carbons (Fsp3) is 0.462. The van der Waals surface area contributed by atoms with Crippen LogP contribution in [0.2, 0.25) is 0 Å². The number of benzene rings is 1. The Bertz CT molecular complexity index is 476. The maximum Gasteiger partial charge on any atom is 0.337 e. The summed E-state index contributed by atoms with van der Waals surface area (Å²) >= 11 is 0. The minimum Gasteiger partial charge on any atom is -0.465 e. The normalized spacial score (nSPS) is 10.1. The highest BCUT2D eigenvalue weighted by atomic mass is 16.6. The van der Waals surface area contributed by atoms with Gasteiger partial charge in [-0.1, -0.05) is 0 Å². The lowest BCUT2D eigenvalue weighted by Crippen LogP contribution is -2.08. The molecule has 7 heteroatoms. The van der Waals surface area contributed by atoms with Gasteiger partial charge in [-0.25, -0.2) is 4.79 Å². The summed E-state index contributed by atoms with van der Waals surface area (Å²) in [5.74, 6) is -0.526. The Morgan fingerprint density at radius 1 is 1.35 bits per heavy atom. The van der Waals surface area contributed by atoms with Gasteiger partial charge in [-0.3, -0.25) is 10.1 Å². The number of rotatable bonds is 8. The molecule has 0 aromatic heterocycles. The molecule has 1 N–H and O–H groups in total. The van der Waals surface area contributed by atoms with E-state index in [4.69, 9.17) is 4.74 Å². The van der Waals surface area contributed by atoms with Gasteiger partial charge in [-0.05, 0) is 25.0 Å². The van der Waals surface area contributed by atoms with E-state index in [-0.39, 0.29) is 11.3 Å². The Kier molecular flexibility index (Phi) is 6.45. The van der Waals surface area contributed by atoms with Crippen LogP contribution in [0.25, 0.3) is 0 Å². The Labute approximate surface area is 117 Å². The lowest BCUT2D eigenvalue weighted by atomic mass is 10.1. The van der Waals surface area contributed by atoms with Gasteiger partial charge >= 0.3 is 5.97 Å². The Balaban J connectivity index is 2.78. The van der Waals surface area contributed by atoms with Crippen LogP contribution < -0.4 is 5.32 Å². The average Bonchev–Trinajstić information content (AvgIpc) is 2.45. The largest absolute Gasteiger partial charge is 0.465 e. The van der Waals surface area contributed by atoms with E-state index >= 15 is 0 Å². The molecule has 1 aromatic rings. The van der Waals surface area contributed by atoms with Crippen LogP contribution in [0.1, 0.15) is 23.2 Å². The number of carbonyl (C=O) groups is 1. The fourth-order valence-electron chi connectivity index (χ4n) is 1.68. The summed E-state index contributed by atoms with van der Waals surface area (Å²) < 4.78 is 9.52. The second-order valence-electron chi connectivity index (χ2n) is 4.11. The third kappa shape index (κ3) is 4.51. The second kappa shape index (κ2) is 8.11. The van der Waals surface area contributed by atoms with Crippen molar-refractivity contribution in [1.29, 1.82) is 0 Å². The monoisotopic (exact) mass is 282 g/mol. The highest BCUT2D eigenvalue weighted by Crippen LogP contribution is 2.25. The fourth-order valence-corrected chi connectivity index (χ4v) is 1.68. The molecule has 0 atom stereocenters. The van der Waals surface area contributed by atoms with Crippen molar-refractivity contribution in [2.45, 2.75) is 12.8 Å². The van der Waals surface area contributed by atoms with Crippen LogP contribution >= 0.6 is 0 Å². The van der Waals surface area contributed by atoms with E-state index in [2.05, 4.69) is 10.1 Å². The van der Waals surface area contributed by atoms with E-state index in [0.29, 0.717) is 18.8 Å². The molecule has 1 aromatic carbocycles. The molecule has 0 aliphatic rings. The molecule has 0 spiro atoms. The third-order valence-electron chi connectivity index (χ3n) is 2.71. The SMILES string of the molecule is COCCCCNc1cc(C(=O)OC)ccc1[N+](=O)[O-]. The molecule has 0 aliphatic heterocycles. The van der Waals surface area contributed by atoms with E-state index in [1.807, 2.05) is 0 Å². The van der Waals surface area contributed by atoms with E-state index in [9.17, 15) is 14.9 Å². The first-order chi connectivity index (χ1) is 9.60. The minimum atomic E-state index is -0.526. The molecule has 0 fully saturated rings. The lowest BCUT2D eigenvalue weighted by Gasteiger charge is -2.08. The predicted octanol–water partition coefficient (Wildman–Crippen LogP) is 2.22. The Morgan fingerprint density at radius 3 is 2.70 bits per heavy atom. The van der Waals surface area contributed by atoms with E-state index in [0.717, 1.165) is 12.8 Å². The molecule has 1 rings (SSSR count). The first-order valence-electron chi connectivity index (χ1n) is 6.19. The molecule has 0 bridgehead atoms. The number of nitrogens with zero attached hydrogens (tertiary/aromatic N) is 1. The number of ether oxygens (including phenoxy) is 2. The zero-order valence-electron chi connectivity index (χ0n) is 11.5. The van der Waals surface area contributed by atoms with E-state index in [1.165, 1.54) is 25.3 Å². The smallest absolute Gasteiger partial charge is 0.337 e. The number of methoxy groups -OCH3 is 2. The number of esters is 1. The maximum absolute atomic E-state index is 11.4. The zero-order chi connectivity index (χ0) is 15.0. The standard InChI is InChI=1S/C13H18N2O5/c1-19-8-4-3-7-14-11-9-10(13(16)20-2)5-6-12(11)15(17)18/h5-6,9,14H,3-4,7-8H2,1-2H3. The van der Waals surface area contributed by atoms with Crippen molar-refractivity contribution in [2.24, 2.45) is 0 Å². The zero-order valence-corrected chi connectivity index (χ0v) is 11.5. The van der Waals surface area contributed by atoms with Gasteiger partial charge in [0.05, 0.1) is 17.6 Å². The summed E-state index contributed by atoms with van der Waals surface area (Å²) in [7, 11) is 2.89. The third-order valence-corrected chi connectivity index (χ3v) is 2.71. The van der Waals surface area contributed by atoms with Crippen LogP contribution in [0.15, 0.2) is 18.2 Å². The molecule has 0 amide bonds. The molecule has 0 aliphatic carbocycles. The van der Waals surface area contributed by atoms with Gasteiger partial charge in [-0.15, -0.1) is 0 Å². The first kappa shape index (κ1) is 15.9. The molecular formula is C13H18N2O5. The van der Waals surface area contributed by atoms with Crippen molar-refractivity contribution in [3.8, 4) is 0 Å². The predicted molar refractivity (Wildman–Crippen MR) is 74.0 cm³/mol. The molecule has 110 valence electrons. The second-order valence-corrected chi connectivity index (χ2v) is 4.11. The summed E-state index contributed by atoms with van der Waals surface area (Å²) in [4.78, 5) is 21.9. The Morgan fingerprint density at radius 2 is 2.10 bits per heavy atom. The molecule has 7 nitrogen and oxygen atoms in total. The van der Waals surface area contributed by atoms with Gasteiger partial charge in [0.25, 0.3) is 5.69 Å². The number of anilines is 1. The number of carbonyl (C=O) groups excluding carboxylic acids is 1. The average molecular weight is 282 g/mol. The van der Waals surface area contributed by atoms with Gasteiger partial charge in [-0.2, -0.15) is 0 Å². The van der Waals surface area contributed by atoms with Gasteiger partial charge in [0.15, 0.2) is 0 Å². The molecule has 0 radical (unpaired) electrons. The van der Waals surface area contributed by atoms with Crippen LogP contribution in [-0.4, -0.2) is 38.3 Å². The summed E-state index contributed by atoms with van der Waals surface area (Å²) in [6.07, 6.45) is 1.67. The Hall–Kier alpha value is -2.15. The van der Waals surface area contributed by atoms with E-state index in [1.54, 1.807) is 7.11 Å². The highest BCUT2D eigenvalue weighted by molar-refractivity contribution is 5.91. The number of unbranched alkanes of at least 4 members (excludes halogenated alkanes) is 1. The van der Waals surface area contributed by atoms with Crippen molar-refractivity contribution in [1.82, 2.24) is 0 Å². The van der Waals surface area contributed by atoms with Crippen molar-refractivity contribution in [3.63, 3.8) is 0 Å². The van der Waals surface area contributed by atoms with E-state index < -0.39 is 10.9 Å². The number of hydrogen-bond acceptors (Lipinski definition) is 6. The molecule has 0 saturated heterocycles. The van der Waals surface area contributed by atoms with Crippen molar-refractivity contribution >= 4 is 17.3 Å². The highest BCUT2D eigenvalue weighted by Gasteiger charge is 2.16. The molecule has 0 unspecified atom stereocenters. The van der Waals surface area contributed by atoms with Crippen LogP contribution in [0, 0.1) is 10.1 Å². The molecule has 20 heavy (non-hydrogen) atoms. The quantitative estimate of drug-likeness (QED) is 0.340.